The number of rotatable bonds is 2. The molecule has 0 amide bonds. The SMILES string of the molecule is COC(=O)C1OC1(C)c1ccc(F)c(Br)c1. The van der Waals surface area contributed by atoms with Gasteiger partial charge in [-0.2, -0.15) is 0 Å². The average molecular weight is 289 g/mol. The normalized spacial score (nSPS) is 27.6. The molecular weight excluding hydrogens is 279 g/mol. The lowest BCUT2D eigenvalue weighted by Gasteiger charge is -2.07. The van der Waals surface area contributed by atoms with Crippen molar-refractivity contribution in [2.45, 2.75) is 18.6 Å². The van der Waals surface area contributed by atoms with E-state index < -0.39 is 17.7 Å². The van der Waals surface area contributed by atoms with E-state index in [1.165, 1.54) is 13.2 Å². The standard InChI is InChI=1S/C11H10BrFO3/c1-11(9(16-11)10(14)15-2)6-3-4-8(13)7(12)5-6/h3-5,9H,1-2H3. The quantitative estimate of drug-likeness (QED) is 0.620. The molecule has 0 aromatic heterocycles. The van der Waals surface area contributed by atoms with Crippen molar-refractivity contribution in [3.8, 4) is 0 Å². The highest BCUT2D eigenvalue weighted by molar-refractivity contribution is 9.10. The molecule has 2 atom stereocenters. The van der Waals surface area contributed by atoms with Crippen molar-refractivity contribution in [2.24, 2.45) is 0 Å². The lowest BCUT2D eigenvalue weighted by molar-refractivity contribution is -0.142. The van der Waals surface area contributed by atoms with Crippen molar-refractivity contribution in [3.05, 3.63) is 34.1 Å². The molecule has 3 nitrogen and oxygen atoms in total. The van der Waals surface area contributed by atoms with Crippen LogP contribution in [0.15, 0.2) is 22.7 Å². The van der Waals surface area contributed by atoms with Gasteiger partial charge in [-0.3, -0.25) is 0 Å². The van der Waals surface area contributed by atoms with Gasteiger partial charge in [0.25, 0.3) is 0 Å². The van der Waals surface area contributed by atoms with Gasteiger partial charge in [0.15, 0.2) is 6.10 Å². The minimum Gasteiger partial charge on any atom is -0.467 e. The second kappa shape index (κ2) is 3.82. The molecule has 1 fully saturated rings. The van der Waals surface area contributed by atoms with Crippen molar-refractivity contribution in [3.63, 3.8) is 0 Å². The van der Waals surface area contributed by atoms with Crippen LogP contribution < -0.4 is 0 Å². The third kappa shape index (κ3) is 1.74. The molecule has 0 spiro atoms. The number of methoxy groups -OCH3 is 1. The van der Waals surface area contributed by atoms with Crippen LogP contribution in [0.2, 0.25) is 0 Å². The van der Waals surface area contributed by atoms with E-state index in [9.17, 15) is 9.18 Å². The molecule has 0 radical (unpaired) electrons. The summed E-state index contributed by atoms with van der Waals surface area (Å²) < 4.78 is 23.3. The Morgan fingerprint density at radius 1 is 1.62 bits per heavy atom. The summed E-state index contributed by atoms with van der Waals surface area (Å²) >= 11 is 3.09. The fraction of sp³-hybridized carbons (Fsp3) is 0.364. The van der Waals surface area contributed by atoms with E-state index in [1.807, 2.05) is 0 Å². The van der Waals surface area contributed by atoms with Crippen LogP contribution >= 0.6 is 15.9 Å². The van der Waals surface area contributed by atoms with Crippen molar-refractivity contribution in [2.75, 3.05) is 7.11 Å². The average Bonchev–Trinajstić information content (AvgIpc) is 2.95. The molecule has 2 rings (SSSR count). The Morgan fingerprint density at radius 3 is 2.88 bits per heavy atom. The van der Waals surface area contributed by atoms with Crippen LogP contribution in [-0.4, -0.2) is 19.2 Å². The zero-order valence-electron chi connectivity index (χ0n) is 8.79. The first-order chi connectivity index (χ1) is 7.49. The molecule has 1 saturated heterocycles. The Labute approximate surface area is 101 Å². The van der Waals surface area contributed by atoms with E-state index in [2.05, 4.69) is 20.7 Å². The molecule has 2 unspecified atom stereocenters. The van der Waals surface area contributed by atoms with Crippen LogP contribution in [0.1, 0.15) is 12.5 Å². The smallest absolute Gasteiger partial charge is 0.338 e. The Hall–Kier alpha value is -0.940. The first-order valence-electron chi connectivity index (χ1n) is 4.70. The fourth-order valence-electron chi connectivity index (χ4n) is 1.62. The number of esters is 1. The molecule has 0 N–H and O–H groups in total. The van der Waals surface area contributed by atoms with Gasteiger partial charge in [-0.25, -0.2) is 9.18 Å². The molecule has 0 bridgehead atoms. The summed E-state index contributed by atoms with van der Waals surface area (Å²) in [7, 11) is 1.31. The predicted octanol–water partition coefficient (Wildman–Crippen LogP) is 2.38. The fourth-order valence-corrected chi connectivity index (χ4v) is 1.99. The molecule has 1 aliphatic rings. The van der Waals surface area contributed by atoms with Crippen molar-refractivity contribution < 1.29 is 18.7 Å². The third-order valence-electron chi connectivity index (χ3n) is 2.71. The van der Waals surface area contributed by atoms with Gasteiger partial charge in [-0.05, 0) is 40.5 Å². The topological polar surface area (TPSA) is 38.8 Å². The number of halogens is 2. The highest BCUT2D eigenvalue weighted by Gasteiger charge is 2.59. The summed E-state index contributed by atoms with van der Waals surface area (Å²) in [4.78, 5) is 11.3. The van der Waals surface area contributed by atoms with Gasteiger partial charge < -0.3 is 9.47 Å². The molecule has 1 aromatic rings. The van der Waals surface area contributed by atoms with Crippen LogP contribution in [0.25, 0.3) is 0 Å². The number of ether oxygens (including phenoxy) is 2. The summed E-state index contributed by atoms with van der Waals surface area (Å²) in [5, 5.41) is 0. The number of epoxide rings is 1. The van der Waals surface area contributed by atoms with Crippen LogP contribution in [0.4, 0.5) is 4.39 Å². The Balaban J connectivity index is 2.26. The first-order valence-corrected chi connectivity index (χ1v) is 5.49. The predicted molar refractivity (Wildman–Crippen MR) is 58.3 cm³/mol. The number of hydrogen-bond donors (Lipinski definition) is 0. The second-order valence-electron chi connectivity index (χ2n) is 3.76. The van der Waals surface area contributed by atoms with Crippen LogP contribution in [0.3, 0.4) is 0 Å². The van der Waals surface area contributed by atoms with Crippen LogP contribution in [0, 0.1) is 5.82 Å². The maximum absolute atomic E-state index is 13.0. The summed E-state index contributed by atoms with van der Waals surface area (Å²) in [5.74, 6) is -0.759. The van der Waals surface area contributed by atoms with Gasteiger partial charge >= 0.3 is 5.97 Å². The minimum atomic E-state index is -0.705. The van der Waals surface area contributed by atoms with Crippen molar-refractivity contribution >= 4 is 21.9 Å². The largest absolute Gasteiger partial charge is 0.467 e. The second-order valence-corrected chi connectivity index (χ2v) is 4.61. The van der Waals surface area contributed by atoms with Crippen molar-refractivity contribution in [1.29, 1.82) is 0 Å². The Kier molecular flexibility index (Phi) is 2.75. The maximum Gasteiger partial charge on any atom is 0.338 e. The van der Waals surface area contributed by atoms with Gasteiger partial charge in [-0.15, -0.1) is 0 Å². The molecule has 1 heterocycles. The van der Waals surface area contributed by atoms with E-state index >= 15 is 0 Å². The molecule has 0 aliphatic carbocycles. The van der Waals surface area contributed by atoms with Gasteiger partial charge in [0.1, 0.15) is 11.4 Å². The molecular formula is C11H10BrFO3. The summed E-state index contributed by atoms with van der Waals surface area (Å²) in [5.41, 5.74) is 0.0414. The monoisotopic (exact) mass is 288 g/mol. The molecule has 0 saturated carbocycles. The summed E-state index contributed by atoms with van der Waals surface area (Å²) in [6, 6.07) is 4.54. The maximum atomic E-state index is 13.0. The zero-order valence-corrected chi connectivity index (χ0v) is 10.4. The molecule has 5 heteroatoms. The van der Waals surface area contributed by atoms with Gasteiger partial charge in [0, 0.05) is 0 Å². The van der Waals surface area contributed by atoms with E-state index in [0.717, 1.165) is 5.56 Å². The van der Waals surface area contributed by atoms with Crippen LogP contribution in [-0.2, 0) is 19.9 Å². The number of benzene rings is 1. The van der Waals surface area contributed by atoms with E-state index in [1.54, 1.807) is 19.1 Å². The highest BCUT2D eigenvalue weighted by Crippen LogP contribution is 2.47. The lowest BCUT2D eigenvalue weighted by atomic mass is 9.97. The van der Waals surface area contributed by atoms with Gasteiger partial charge in [0.2, 0.25) is 0 Å². The van der Waals surface area contributed by atoms with Crippen molar-refractivity contribution in [1.82, 2.24) is 0 Å². The Morgan fingerprint density at radius 2 is 2.31 bits per heavy atom. The Bertz CT molecular complexity index is 449. The zero-order chi connectivity index (χ0) is 11.9. The van der Waals surface area contributed by atoms with E-state index in [0.29, 0.717) is 4.47 Å². The summed E-state index contributed by atoms with van der Waals surface area (Å²) in [6.45, 7) is 1.77. The number of carbonyl (C=O) groups is 1. The lowest BCUT2D eigenvalue weighted by Crippen LogP contribution is -2.17. The molecule has 86 valence electrons. The molecule has 16 heavy (non-hydrogen) atoms. The van der Waals surface area contributed by atoms with Gasteiger partial charge in [0.05, 0.1) is 11.6 Å². The number of hydrogen-bond acceptors (Lipinski definition) is 3. The minimum absolute atomic E-state index is 0.345. The molecule has 1 aromatic carbocycles. The highest BCUT2D eigenvalue weighted by atomic mass is 79.9. The van der Waals surface area contributed by atoms with Crippen LogP contribution in [0.5, 0.6) is 0 Å². The first kappa shape index (κ1) is 11.5. The van der Waals surface area contributed by atoms with Gasteiger partial charge in [-0.1, -0.05) is 6.07 Å². The van der Waals surface area contributed by atoms with E-state index in [4.69, 9.17) is 4.74 Å². The summed E-state index contributed by atoms with van der Waals surface area (Å²) in [6.07, 6.45) is -0.602. The van der Waals surface area contributed by atoms with E-state index in [-0.39, 0.29) is 5.82 Å². The third-order valence-corrected chi connectivity index (χ3v) is 3.32. The molecule has 1 aliphatic heterocycles. The number of carbonyl (C=O) groups excluding carboxylic acids is 1.